The average molecular weight is 344 g/mol. The summed E-state index contributed by atoms with van der Waals surface area (Å²) >= 11 is 9.70. The lowest BCUT2D eigenvalue weighted by molar-refractivity contribution is 0.521. The van der Waals surface area contributed by atoms with Crippen molar-refractivity contribution in [1.82, 2.24) is 15.2 Å². The first-order valence-corrected chi connectivity index (χ1v) is 7.27. The number of hydrazine groups is 1. The number of nitrogens with zero attached hydrogens (tertiary/aromatic N) is 2. The van der Waals surface area contributed by atoms with E-state index in [4.69, 9.17) is 17.4 Å². The third kappa shape index (κ3) is 3.17. The molecule has 4 nitrogen and oxygen atoms in total. The van der Waals surface area contributed by atoms with Gasteiger partial charge < -0.3 is 0 Å². The van der Waals surface area contributed by atoms with Crippen molar-refractivity contribution in [2.45, 2.75) is 25.9 Å². The highest BCUT2D eigenvalue weighted by Crippen LogP contribution is 2.30. The van der Waals surface area contributed by atoms with E-state index >= 15 is 0 Å². The van der Waals surface area contributed by atoms with Crippen LogP contribution in [0.2, 0.25) is 5.02 Å². The zero-order valence-corrected chi connectivity index (χ0v) is 12.9. The highest BCUT2D eigenvalue weighted by atomic mass is 79.9. The molecular weight excluding hydrogens is 328 g/mol. The van der Waals surface area contributed by atoms with E-state index in [-0.39, 0.29) is 6.04 Å². The molecule has 0 saturated heterocycles. The van der Waals surface area contributed by atoms with E-state index in [0.717, 1.165) is 28.7 Å². The maximum Gasteiger partial charge on any atom is 0.0892 e. The van der Waals surface area contributed by atoms with Crippen LogP contribution < -0.4 is 11.3 Å². The van der Waals surface area contributed by atoms with Gasteiger partial charge >= 0.3 is 0 Å². The van der Waals surface area contributed by atoms with Crippen LogP contribution in [0.5, 0.6) is 0 Å². The van der Waals surface area contributed by atoms with E-state index in [0.29, 0.717) is 5.02 Å². The molecule has 19 heavy (non-hydrogen) atoms. The van der Waals surface area contributed by atoms with Crippen molar-refractivity contribution >= 4 is 27.5 Å². The van der Waals surface area contributed by atoms with Crippen LogP contribution in [0.4, 0.5) is 0 Å². The molecule has 0 aliphatic rings. The number of nitrogens with one attached hydrogen (secondary N) is 1. The maximum atomic E-state index is 6.29. The van der Waals surface area contributed by atoms with Crippen molar-refractivity contribution in [2.75, 3.05) is 0 Å². The first-order chi connectivity index (χ1) is 9.17. The Morgan fingerprint density at radius 3 is 2.89 bits per heavy atom. The van der Waals surface area contributed by atoms with Crippen molar-refractivity contribution in [3.63, 3.8) is 0 Å². The van der Waals surface area contributed by atoms with Gasteiger partial charge in [0.2, 0.25) is 0 Å². The van der Waals surface area contributed by atoms with Gasteiger partial charge in [0.25, 0.3) is 0 Å². The fourth-order valence-electron chi connectivity index (χ4n) is 2.06. The Morgan fingerprint density at radius 1 is 1.47 bits per heavy atom. The lowest BCUT2D eigenvalue weighted by Crippen LogP contribution is -2.31. The van der Waals surface area contributed by atoms with Crippen LogP contribution in [0.25, 0.3) is 0 Å². The van der Waals surface area contributed by atoms with E-state index < -0.39 is 0 Å². The highest BCUT2D eigenvalue weighted by molar-refractivity contribution is 9.10. The minimum atomic E-state index is -0.172. The monoisotopic (exact) mass is 342 g/mol. The van der Waals surface area contributed by atoms with Crippen LogP contribution in [-0.2, 0) is 6.54 Å². The van der Waals surface area contributed by atoms with Crippen molar-refractivity contribution < 1.29 is 0 Å². The van der Waals surface area contributed by atoms with E-state index in [1.54, 1.807) is 6.20 Å². The summed E-state index contributed by atoms with van der Waals surface area (Å²) in [6.07, 6.45) is 2.79. The van der Waals surface area contributed by atoms with Gasteiger partial charge in [0.1, 0.15) is 0 Å². The predicted octanol–water partition coefficient (Wildman–Crippen LogP) is 3.26. The van der Waals surface area contributed by atoms with E-state index in [2.05, 4.69) is 33.4 Å². The average Bonchev–Trinajstić information content (AvgIpc) is 2.82. The topological polar surface area (TPSA) is 55.9 Å². The molecule has 0 radical (unpaired) electrons. The molecule has 0 fully saturated rings. The Balaban J connectivity index is 2.41. The third-order valence-electron chi connectivity index (χ3n) is 2.92. The Hall–Kier alpha value is -0.880. The summed E-state index contributed by atoms with van der Waals surface area (Å²) in [7, 11) is 0. The first-order valence-electron chi connectivity index (χ1n) is 6.10. The fourth-order valence-corrected chi connectivity index (χ4v) is 2.84. The predicted molar refractivity (Wildman–Crippen MR) is 80.8 cm³/mol. The number of benzene rings is 1. The van der Waals surface area contributed by atoms with Gasteiger partial charge in [-0.05, 0) is 30.2 Å². The van der Waals surface area contributed by atoms with Crippen LogP contribution >= 0.6 is 27.5 Å². The molecule has 1 aromatic heterocycles. The van der Waals surface area contributed by atoms with Crippen molar-refractivity contribution in [1.29, 1.82) is 0 Å². The van der Waals surface area contributed by atoms with Gasteiger partial charge in [-0.3, -0.25) is 10.5 Å². The molecule has 1 atom stereocenters. The normalized spacial score (nSPS) is 12.6. The molecule has 1 aromatic carbocycles. The molecule has 0 spiro atoms. The molecule has 102 valence electrons. The summed E-state index contributed by atoms with van der Waals surface area (Å²) in [5, 5.41) is 4.98. The van der Waals surface area contributed by atoms with Gasteiger partial charge in [0.15, 0.2) is 0 Å². The number of aromatic nitrogens is 2. The lowest BCUT2D eigenvalue weighted by atomic mass is 10.0. The molecule has 0 saturated carbocycles. The van der Waals surface area contributed by atoms with Gasteiger partial charge in [0, 0.05) is 22.2 Å². The zero-order chi connectivity index (χ0) is 13.8. The largest absolute Gasteiger partial charge is 0.271 e. The second-order valence-electron chi connectivity index (χ2n) is 4.24. The second-order valence-corrected chi connectivity index (χ2v) is 5.57. The number of hydrogen-bond acceptors (Lipinski definition) is 3. The molecule has 0 amide bonds. The molecular formula is C13H16BrClN4. The summed E-state index contributed by atoms with van der Waals surface area (Å²) in [6, 6.07) is 7.56. The van der Waals surface area contributed by atoms with Crippen LogP contribution in [0, 0.1) is 0 Å². The summed E-state index contributed by atoms with van der Waals surface area (Å²) in [4.78, 5) is 0. The van der Waals surface area contributed by atoms with Crippen LogP contribution in [0.3, 0.4) is 0 Å². The van der Waals surface area contributed by atoms with Crippen molar-refractivity contribution in [3.8, 4) is 0 Å². The molecule has 2 aromatic rings. The number of hydrogen-bond donors (Lipinski definition) is 2. The number of halogens is 2. The summed E-state index contributed by atoms with van der Waals surface area (Å²) < 4.78 is 2.89. The minimum Gasteiger partial charge on any atom is -0.271 e. The van der Waals surface area contributed by atoms with Crippen LogP contribution in [0.1, 0.15) is 30.6 Å². The Labute approximate surface area is 126 Å². The Bertz CT molecular complexity index is 555. The minimum absolute atomic E-state index is 0.172. The molecule has 0 aliphatic heterocycles. The SMILES string of the molecule is CCCn1nccc1C(NN)c1ccc(Br)cc1Cl. The van der Waals surface area contributed by atoms with Gasteiger partial charge in [-0.15, -0.1) is 0 Å². The zero-order valence-electron chi connectivity index (χ0n) is 10.6. The van der Waals surface area contributed by atoms with Gasteiger partial charge in [-0.1, -0.05) is 40.5 Å². The number of rotatable bonds is 5. The van der Waals surface area contributed by atoms with Crippen molar-refractivity contribution in [2.24, 2.45) is 5.84 Å². The van der Waals surface area contributed by atoms with Gasteiger partial charge in [0.05, 0.1) is 11.7 Å². The lowest BCUT2D eigenvalue weighted by Gasteiger charge is -2.19. The molecule has 6 heteroatoms. The molecule has 0 bridgehead atoms. The highest BCUT2D eigenvalue weighted by Gasteiger charge is 2.19. The Morgan fingerprint density at radius 2 is 2.26 bits per heavy atom. The molecule has 2 rings (SSSR count). The molecule has 3 N–H and O–H groups in total. The quantitative estimate of drug-likeness (QED) is 0.647. The van der Waals surface area contributed by atoms with Crippen LogP contribution in [0.15, 0.2) is 34.9 Å². The fraction of sp³-hybridized carbons (Fsp3) is 0.308. The van der Waals surface area contributed by atoms with E-state index in [1.165, 1.54) is 0 Å². The first kappa shape index (κ1) is 14.5. The molecule has 0 aliphatic carbocycles. The molecule has 1 heterocycles. The standard InChI is InChI=1S/C13H16BrClN4/c1-2-7-19-12(5-6-17-19)13(18-16)10-4-3-9(14)8-11(10)15/h3-6,8,13,18H,2,7,16H2,1H3. The smallest absolute Gasteiger partial charge is 0.0892 e. The van der Waals surface area contributed by atoms with Gasteiger partial charge in [-0.2, -0.15) is 5.10 Å². The molecule has 1 unspecified atom stereocenters. The number of nitrogens with two attached hydrogens (primary N) is 1. The summed E-state index contributed by atoms with van der Waals surface area (Å²) in [5.74, 6) is 5.71. The van der Waals surface area contributed by atoms with Crippen LogP contribution in [-0.4, -0.2) is 9.78 Å². The van der Waals surface area contributed by atoms with Crippen molar-refractivity contribution in [3.05, 3.63) is 51.2 Å². The summed E-state index contributed by atoms with van der Waals surface area (Å²) in [5.41, 5.74) is 4.76. The van der Waals surface area contributed by atoms with Gasteiger partial charge in [-0.25, -0.2) is 5.43 Å². The Kier molecular flexibility index (Phi) is 4.99. The van der Waals surface area contributed by atoms with E-state index in [9.17, 15) is 0 Å². The maximum absolute atomic E-state index is 6.29. The third-order valence-corrected chi connectivity index (χ3v) is 3.74. The summed E-state index contributed by atoms with van der Waals surface area (Å²) in [6.45, 7) is 2.97. The second kappa shape index (κ2) is 6.52. The van der Waals surface area contributed by atoms with E-state index in [1.807, 2.05) is 28.9 Å². The number of aryl methyl sites for hydroxylation is 1.